The first-order valence-electron chi connectivity index (χ1n) is 12.4. The zero-order chi connectivity index (χ0) is 28.9. The van der Waals surface area contributed by atoms with E-state index in [0.29, 0.717) is 28.3 Å². The van der Waals surface area contributed by atoms with Crippen molar-refractivity contribution >= 4 is 34.4 Å². The van der Waals surface area contributed by atoms with Gasteiger partial charge < -0.3 is 25.4 Å². The van der Waals surface area contributed by atoms with E-state index >= 15 is 0 Å². The maximum atomic E-state index is 13.1. The van der Waals surface area contributed by atoms with E-state index in [4.69, 9.17) is 9.84 Å². The van der Waals surface area contributed by atoms with Crippen molar-refractivity contribution in [2.24, 2.45) is 0 Å². The van der Waals surface area contributed by atoms with Crippen molar-refractivity contribution in [3.05, 3.63) is 102 Å². The van der Waals surface area contributed by atoms with Crippen LogP contribution in [0.15, 0.2) is 85.0 Å². The highest BCUT2D eigenvalue weighted by molar-refractivity contribution is 6.02. The van der Waals surface area contributed by atoms with Crippen LogP contribution in [0.25, 0.3) is 5.57 Å². The van der Waals surface area contributed by atoms with Crippen LogP contribution in [0.1, 0.15) is 23.1 Å². The molecule has 3 aromatic rings. The predicted octanol–water partition coefficient (Wildman–Crippen LogP) is 5.48. The summed E-state index contributed by atoms with van der Waals surface area (Å²) in [6, 6.07) is 17.2. The van der Waals surface area contributed by atoms with Crippen LogP contribution >= 0.6 is 0 Å². The van der Waals surface area contributed by atoms with Crippen molar-refractivity contribution in [1.82, 2.24) is 0 Å². The van der Waals surface area contributed by atoms with Crippen LogP contribution in [0.2, 0.25) is 0 Å². The highest BCUT2D eigenvalue weighted by atomic mass is 19.4. The molecule has 0 saturated heterocycles. The Morgan fingerprint density at radius 3 is 2.30 bits per heavy atom. The Kier molecular flexibility index (Phi) is 8.59. The molecule has 1 aliphatic heterocycles. The molecule has 3 N–H and O–H groups in total. The van der Waals surface area contributed by atoms with Crippen LogP contribution in [0.5, 0.6) is 5.75 Å². The molecule has 3 aromatic carbocycles. The number of amides is 2. The molecule has 0 aliphatic carbocycles. The number of allylic oxidation sites excluding steroid dienone is 2. The Morgan fingerprint density at radius 1 is 1.05 bits per heavy atom. The van der Waals surface area contributed by atoms with E-state index in [1.54, 1.807) is 24.3 Å². The molecule has 208 valence electrons. The largest absolute Gasteiger partial charge is 0.478 e. The number of rotatable bonds is 8. The molecule has 4 rings (SSSR count). The Labute approximate surface area is 229 Å². The molecule has 0 aromatic heterocycles. The molecule has 1 atom stereocenters. The second kappa shape index (κ2) is 12.1. The second-order valence-corrected chi connectivity index (χ2v) is 9.26. The van der Waals surface area contributed by atoms with Crippen LogP contribution in [0, 0.1) is 0 Å². The molecule has 0 saturated carbocycles. The Bertz CT molecular complexity index is 1430. The SMILES string of the molecule is CN(C)c1ccc(/C(=C\C=C\C(=O)Nc2ccc3c(c2)NC(=O)C(CCO)O3)c2ccc(C(F)(F)F)cc2)cc1. The lowest BCUT2D eigenvalue weighted by Crippen LogP contribution is -2.37. The lowest BCUT2D eigenvalue weighted by Gasteiger charge is -2.25. The number of alkyl halides is 3. The fraction of sp³-hybridized carbons (Fsp3) is 0.200. The molecule has 7 nitrogen and oxygen atoms in total. The van der Waals surface area contributed by atoms with Gasteiger partial charge in [-0.15, -0.1) is 0 Å². The van der Waals surface area contributed by atoms with Crippen molar-refractivity contribution in [1.29, 1.82) is 0 Å². The van der Waals surface area contributed by atoms with Crippen LogP contribution in [0.4, 0.5) is 30.2 Å². The highest BCUT2D eigenvalue weighted by Crippen LogP contribution is 2.34. The van der Waals surface area contributed by atoms with Gasteiger partial charge in [0.05, 0.1) is 11.3 Å². The third-order valence-corrected chi connectivity index (χ3v) is 6.19. The average Bonchev–Trinajstić information content (AvgIpc) is 2.91. The third kappa shape index (κ3) is 6.89. The monoisotopic (exact) mass is 551 g/mol. The summed E-state index contributed by atoms with van der Waals surface area (Å²) in [5.41, 5.74) is 2.98. The molecular weight excluding hydrogens is 523 g/mol. The average molecular weight is 552 g/mol. The van der Waals surface area contributed by atoms with Crippen molar-refractivity contribution in [2.45, 2.75) is 18.7 Å². The number of carbonyl (C=O) groups excluding carboxylic acids is 2. The lowest BCUT2D eigenvalue weighted by atomic mass is 9.96. The fourth-order valence-corrected chi connectivity index (χ4v) is 4.09. The Hall–Kier alpha value is -4.57. The quantitative estimate of drug-likeness (QED) is 0.255. The summed E-state index contributed by atoms with van der Waals surface area (Å²) in [7, 11) is 3.81. The maximum Gasteiger partial charge on any atom is 0.416 e. The van der Waals surface area contributed by atoms with Crippen molar-refractivity contribution in [3.8, 4) is 5.75 Å². The van der Waals surface area contributed by atoms with E-state index in [1.165, 1.54) is 24.3 Å². The van der Waals surface area contributed by atoms with Crippen LogP contribution in [-0.4, -0.2) is 43.7 Å². The van der Waals surface area contributed by atoms with Gasteiger partial charge in [0.1, 0.15) is 5.75 Å². The molecule has 0 fully saturated rings. The normalized spacial score (nSPS) is 15.3. The summed E-state index contributed by atoms with van der Waals surface area (Å²) >= 11 is 0. The highest BCUT2D eigenvalue weighted by Gasteiger charge is 2.30. The van der Waals surface area contributed by atoms with Gasteiger partial charge in [-0.05, 0) is 59.2 Å². The number of hydrogen-bond acceptors (Lipinski definition) is 5. The summed E-state index contributed by atoms with van der Waals surface area (Å²) in [4.78, 5) is 26.7. The van der Waals surface area contributed by atoms with Crippen LogP contribution in [-0.2, 0) is 15.8 Å². The van der Waals surface area contributed by atoms with E-state index in [-0.39, 0.29) is 18.9 Å². The van der Waals surface area contributed by atoms with E-state index in [0.717, 1.165) is 23.4 Å². The summed E-state index contributed by atoms with van der Waals surface area (Å²) in [6.07, 6.45) is -0.591. The van der Waals surface area contributed by atoms with Gasteiger partial charge in [0.2, 0.25) is 5.91 Å². The fourth-order valence-electron chi connectivity index (χ4n) is 4.09. The molecule has 0 radical (unpaired) electrons. The number of hydrogen-bond donors (Lipinski definition) is 3. The van der Waals surface area contributed by atoms with Crippen LogP contribution < -0.4 is 20.3 Å². The molecule has 2 amide bonds. The first kappa shape index (κ1) is 28.4. The van der Waals surface area contributed by atoms with E-state index in [2.05, 4.69) is 10.6 Å². The molecule has 1 aliphatic rings. The number of aliphatic hydroxyl groups is 1. The summed E-state index contributed by atoms with van der Waals surface area (Å²) in [6.45, 7) is -0.190. The van der Waals surface area contributed by atoms with Gasteiger partial charge >= 0.3 is 6.18 Å². The summed E-state index contributed by atoms with van der Waals surface area (Å²) < 4.78 is 44.8. The van der Waals surface area contributed by atoms with Gasteiger partial charge in [0.25, 0.3) is 5.91 Å². The van der Waals surface area contributed by atoms with Gasteiger partial charge in [-0.2, -0.15) is 13.2 Å². The lowest BCUT2D eigenvalue weighted by molar-refractivity contribution is -0.137. The maximum absolute atomic E-state index is 13.1. The zero-order valence-electron chi connectivity index (χ0n) is 21.8. The first-order chi connectivity index (χ1) is 19.0. The molecular formula is C30H28F3N3O4. The van der Waals surface area contributed by atoms with E-state index < -0.39 is 23.8 Å². The van der Waals surface area contributed by atoms with Gasteiger partial charge in [-0.25, -0.2) is 0 Å². The van der Waals surface area contributed by atoms with Crippen molar-refractivity contribution in [3.63, 3.8) is 0 Å². The third-order valence-electron chi connectivity index (χ3n) is 6.19. The number of fused-ring (bicyclic) bond motifs is 1. The number of nitrogens with zero attached hydrogens (tertiary/aromatic N) is 1. The molecule has 40 heavy (non-hydrogen) atoms. The van der Waals surface area contributed by atoms with Crippen molar-refractivity contribution in [2.75, 3.05) is 36.2 Å². The van der Waals surface area contributed by atoms with Gasteiger partial charge in [0, 0.05) is 44.6 Å². The number of halogens is 3. The summed E-state index contributed by atoms with van der Waals surface area (Å²) in [5.74, 6) is -0.410. The first-order valence-corrected chi connectivity index (χ1v) is 12.4. The molecule has 0 bridgehead atoms. The Morgan fingerprint density at radius 2 is 1.70 bits per heavy atom. The minimum Gasteiger partial charge on any atom is -0.478 e. The minimum atomic E-state index is -4.44. The van der Waals surface area contributed by atoms with Gasteiger partial charge in [-0.3, -0.25) is 9.59 Å². The van der Waals surface area contributed by atoms with E-state index in [9.17, 15) is 22.8 Å². The molecule has 10 heteroatoms. The predicted molar refractivity (Wildman–Crippen MR) is 148 cm³/mol. The van der Waals surface area contributed by atoms with Crippen molar-refractivity contribution < 1.29 is 32.6 Å². The number of benzene rings is 3. The van der Waals surface area contributed by atoms with Gasteiger partial charge in [-0.1, -0.05) is 36.4 Å². The Balaban J connectivity index is 1.53. The molecule has 1 heterocycles. The number of aliphatic hydroxyl groups excluding tert-OH is 1. The van der Waals surface area contributed by atoms with Gasteiger partial charge in [0.15, 0.2) is 6.10 Å². The number of anilines is 3. The van der Waals surface area contributed by atoms with E-state index in [1.807, 2.05) is 43.3 Å². The topological polar surface area (TPSA) is 90.9 Å². The minimum absolute atomic E-state index is 0.163. The number of nitrogens with one attached hydrogen (secondary N) is 2. The molecule has 0 spiro atoms. The number of ether oxygens (including phenoxy) is 1. The zero-order valence-corrected chi connectivity index (χ0v) is 21.8. The van der Waals surface area contributed by atoms with Crippen LogP contribution in [0.3, 0.4) is 0 Å². The second-order valence-electron chi connectivity index (χ2n) is 9.26. The number of carbonyl (C=O) groups is 2. The summed E-state index contributed by atoms with van der Waals surface area (Å²) in [5, 5.41) is 14.5. The standard InChI is InChI=1S/C30H28F3N3O4/c1-36(2)23-13-8-20(9-14-23)24(19-6-10-21(11-7-19)30(31,32)33)4-3-5-28(38)34-22-12-15-26-25(18-22)35-29(39)27(40-26)16-17-37/h3-15,18,27,37H,16-17H2,1-2H3,(H,34,38)(H,35,39)/b5-3+,24-4-. The smallest absolute Gasteiger partial charge is 0.416 e. The molecule has 1 unspecified atom stereocenters.